The van der Waals surface area contributed by atoms with Gasteiger partial charge in [0, 0.05) is 18.1 Å². The van der Waals surface area contributed by atoms with Crippen LogP contribution in [0.25, 0.3) is 5.65 Å². The summed E-state index contributed by atoms with van der Waals surface area (Å²) in [6.07, 6.45) is 4.02. The van der Waals surface area contributed by atoms with Crippen LogP contribution in [-0.4, -0.2) is 15.3 Å². The molecule has 4 aromatic rings. The van der Waals surface area contributed by atoms with Gasteiger partial charge in [-0.15, -0.1) is 0 Å². The van der Waals surface area contributed by atoms with Crippen molar-refractivity contribution in [2.24, 2.45) is 0 Å². The number of anilines is 1. The summed E-state index contributed by atoms with van der Waals surface area (Å²) < 4.78 is 7.66. The predicted molar refractivity (Wildman–Crippen MR) is 105 cm³/mol. The van der Waals surface area contributed by atoms with E-state index in [2.05, 4.69) is 10.3 Å². The molecule has 2 aromatic heterocycles. The lowest BCUT2D eigenvalue weighted by molar-refractivity contribution is -0.115. The molecule has 0 aliphatic rings. The Kier molecular flexibility index (Phi) is 4.83. The monoisotopic (exact) mass is 357 g/mol. The molecule has 0 aliphatic carbocycles. The van der Waals surface area contributed by atoms with E-state index in [0.29, 0.717) is 6.61 Å². The van der Waals surface area contributed by atoms with E-state index in [1.54, 1.807) is 0 Å². The number of imidazole rings is 1. The Morgan fingerprint density at radius 3 is 2.52 bits per heavy atom. The minimum absolute atomic E-state index is 0.101. The predicted octanol–water partition coefficient (Wildman–Crippen LogP) is 4.09. The van der Waals surface area contributed by atoms with Gasteiger partial charge in [-0.2, -0.15) is 0 Å². The standard InChI is InChI=1S/C22H19N3O2/c26-22(14-19-15-25-13-5-4-8-21(25)23-19)24-18-9-11-20(12-10-18)27-16-17-6-2-1-3-7-17/h1-13,15H,14,16H2,(H,24,26). The van der Waals surface area contributed by atoms with Crippen LogP contribution < -0.4 is 10.1 Å². The van der Waals surface area contributed by atoms with Crippen molar-refractivity contribution in [3.63, 3.8) is 0 Å². The molecular weight excluding hydrogens is 338 g/mol. The second-order valence-corrected chi connectivity index (χ2v) is 6.22. The van der Waals surface area contributed by atoms with Gasteiger partial charge >= 0.3 is 0 Å². The number of nitrogens with zero attached hydrogens (tertiary/aromatic N) is 2. The molecule has 1 amide bonds. The number of amides is 1. The van der Waals surface area contributed by atoms with E-state index in [1.165, 1.54) is 0 Å². The highest BCUT2D eigenvalue weighted by Gasteiger charge is 2.08. The number of aromatic nitrogens is 2. The van der Waals surface area contributed by atoms with Crippen molar-refractivity contribution < 1.29 is 9.53 Å². The van der Waals surface area contributed by atoms with Crippen molar-refractivity contribution in [3.05, 3.63) is 96.4 Å². The lowest BCUT2D eigenvalue weighted by atomic mass is 10.2. The molecule has 5 nitrogen and oxygen atoms in total. The highest BCUT2D eigenvalue weighted by molar-refractivity contribution is 5.92. The molecule has 0 atom stereocenters. The minimum atomic E-state index is -0.101. The van der Waals surface area contributed by atoms with Crippen LogP contribution >= 0.6 is 0 Å². The van der Waals surface area contributed by atoms with Crippen LogP contribution in [0.5, 0.6) is 5.75 Å². The molecule has 0 saturated carbocycles. The topological polar surface area (TPSA) is 55.6 Å². The van der Waals surface area contributed by atoms with E-state index >= 15 is 0 Å². The van der Waals surface area contributed by atoms with Crippen molar-refractivity contribution in [2.75, 3.05) is 5.32 Å². The fraction of sp³-hybridized carbons (Fsp3) is 0.0909. The van der Waals surface area contributed by atoms with Gasteiger partial charge in [0.25, 0.3) is 0 Å². The van der Waals surface area contributed by atoms with E-state index in [4.69, 9.17) is 4.74 Å². The lowest BCUT2D eigenvalue weighted by Crippen LogP contribution is -2.14. The summed E-state index contributed by atoms with van der Waals surface area (Å²) in [4.78, 5) is 16.7. The quantitative estimate of drug-likeness (QED) is 0.565. The Bertz CT molecular complexity index is 1010. The molecule has 0 bridgehead atoms. The SMILES string of the molecule is O=C(Cc1cn2ccccc2n1)Nc1ccc(OCc2ccccc2)cc1. The molecule has 0 radical (unpaired) electrons. The molecule has 1 N–H and O–H groups in total. The molecule has 0 fully saturated rings. The highest BCUT2D eigenvalue weighted by Crippen LogP contribution is 2.17. The first-order valence-electron chi connectivity index (χ1n) is 8.75. The fourth-order valence-electron chi connectivity index (χ4n) is 2.82. The first-order valence-corrected chi connectivity index (χ1v) is 8.75. The minimum Gasteiger partial charge on any atom is -0.489 e. The molecule has 134 valence electrons. The molecule has 27 heavy (non-hydrogen) atoms. The number of rotatable bonds is 6. The Morgan fingerprint density at radius 2 is 1.74 bits per heavy atom. The first-order chi connectivity index (χ1) is 13.3. The maximum atomic E-state index is 12.3. The summed E-state index contributed by atoms with van der Waals surface area (Å²) in [5, 5.41) is 2.89. The second-order valence-electron chi connectivity index (χ2n) is 6.22. The van der Waals surface area contributed by atoms with Crippen molar-refractivity contribution >= 4 is 17.2 Å². The highest BCUT2D eigenvalue weighted by atomic mass is 16.5. The number of hydrogen-bond acceptors (Lipinski definition) is 3. The number of hydrogen-bond donors (Lipinski definition) is 1. The van der Waals surface area contributed by atoms with Gasteiger partial charge in [0.15, 0.2) is 0 Å². The number of benzene rings is 2. The van der Waals surface area contributed by atoms with Gasteiger partial charge in [-0.1, -0.05) is 36.4 Å². The largest absolute Gasteiger partial charge is 0.489 e. The Labute approximate surface area is 157 Å². The van der Waals surface area contributed by atoms with Gasteiger partial charge in [-0.3, -0.25) is 4.79 Å². The van der Waals surface area contributed by atoms with E-state index in [0.717, 1.165) is 28.3 Å². The molecule has 0 aliphatic heterocycles. The van der Waals surface area contributed by atoms with Gasteiger partial charge in [-0.05, 0) is 42.0 Å². The third-order valence-corrected chi connectivity index (χ3v) is 4.14. The molecule has 5 heteroatoms. The third-order valence-electron chi connectivity index (χ3n) is 4.14. The van der Waals surface area contributed by atoms with E-state index in [9.17, 15) is 4.79 Å². The second kappa shape index (κ2) is 7.74. The molecule has 0 unspecified atom stereocenters. The Balaban J connectivity index is 1.32. The van der Waals surface area contributed by atoms with Crippen molar-refractivity contribution in [2.45, 2.75) is 13.0 Å². The Hall–Kier alpha value is -3.60. The normalized spacial score (nSPS) is 10.7. The zero-order chi connectivity index (χ0) is 18.5. The number of pyridine rings is 1. The molecule has 2 heterocycles. The van der Waals surface area contributed by atoms with Crippen LogP contribution in [0.1, 0.15) is 11.3 Å². The van der Waals surface area contributed by atoms with Crippen LogP contribution in [0.15, 0.2) is 85.2 Å². The zero-order valence-electron chi connectivity index (χ0n) is 14.7. The summed E-state index contributed by atoms with van der Waals surface area (Å²) in [6.45, 7) is 0.514. The maximum absolute atomic E-state index is 12.3. The van der Waals surface area contributed by atoms with Crippen LogP contribution in [0.3, 0.4) is 0 Å². The number of carbonyl (C=O) groups excluding carboxylic acids is 1. The van der Waals surface area contributed by atoms with Crippen molar-refractivity contribution in [1.29, 1.82) is 0 Å². The molecule has 2 aromatic carbocycles. The van der Waals surface area contributed by atoms with Crippen molar-refractivity contribution in [1.82, 2.24) is 9.38 Å². The van der Waals surface area contributed by atoms with Crippen LogP contribution in [0, 0.1) is 0 Å². The van der Waals surface area contributed by atoms with Crippen molar-refractivity contribution in [3.8, 4) is 5.75 Å². The number of ether oxygens (including phenoxy) is 1. The molecule has 4 rings (SSSR count). The van der Waals surface area contributed by atoms with E-state index in [-0.39, 0.29) is 12.3 Å². The number of fused-ring (bicyclic) bond motifs is 1. The molecule has 0 saturated heterocycles. The summed E-state index contributed by atoms with van der Waals surface area (Å²) in [5.74, 6) is 0.661. The maximum Gasteiger partial charge on any atom is 0.230 e. The van der Waals surface area contributed by atoms with Crippen LogP contribution in [0.2, 0.25) is 0 Å². The summed E-state index contributed by atoms with van der Waals surface area (Å²) in [7, 11) is 0. The summed E-state index contributed by atoms with van der Waals surface area (Å²) in [6, 6.07) is 23.1. The first kappa shape index (κ1) is 16.8. The fourth-order valence-corrected chi connectivity index (χ4v) is 2.82. The van der Waals surface area contributed by atoms with E-state index in [1.807, 2.05) is 89.6 Å². The van der Waals surface area contributed by atoms with Gasteiger partial charge in [0.2, 0.25) is 5.91 Å². The van der Waals surface area contributed by atoms with Gasteiger partial charge in [0.1, 0.15) is 18.0 Å². The summed E-state index contributed by atoms with van der Waals surface area (Å²) >= 11 is 0. The number of nitrogens with one attached hydrogen (secondary N) is 1. The lowest BCUT2D eigenvalue weighted by Gasteiger charge is -2.08. The van der Waals surface area contributed by atoms with Crippen LogP contribution in [0.4, 0.5) is 5.69 Å². The third kappa shape index (κ3) is 4.33. The molecule has 0 spiro atoms. The molecular formula is C22H19N3O2. The average Bonchev–Trinajstić information content (AvgIpc) is 3.10. The number of carbonyl (C=O) groups is 1. The average molecular weight is 357 g/mol. The zero-order valence-corrected chi connectivity index (χ0v) is 14.7. The Morgan fingerprint density at radius 1 is 0.963 bits per heavy atom. The smallest absolute Gasteiger partial charge is 0.230 e. The van der Waals surface area contributed by atoms with E-state index < -0.39 is 0 Å². The van der Waals surface area contributed by atoms with Gasteiger partial charge < -0.3 is 14.5 Å². The van der Waals surface area contributed by atoms with Gasteiger partial charge in [-0.25, -0.2) is 4.98 Å². The van der Waals surface area contributed by atoms with Crippen LogP contribution in [-0.2, 0) is 17.8 Å². The van der Waals surface area contributed by atoms with Gasteiger partial charge in [0.05, 0.1) is 12.1 Å². The summed E-state index contributed by atoms with van der Waals surface area (Å²) in [5.41, 5.74) is 3.42.